The Morgan fingerprint density at radius 2 is 1.42 bits per heavy atom. The van der Waals surface area contributed by atoms with Crippen LogP contribution in [0.5, 0.6) is 0 Å². The smallest absolute Gasteiger partial charge is 0.348 e. The lowest BCUT2D eigenvalue weighted by atomic mass is 10.1. The highest BCUT2D eigenvalue weighted by Crippen LogP contribution is 2.20. The fourth-order valence-corrected chi connectivity index (χ4v) is 11.8. The second-order valence-corrected chi connectivity index (χ2v) is 22.6. The Kier molecular flexibility index (Phi) is 6.01. The van der Waals surface area contributed by atoms with Gasteiger partial charge in [0.15, 0.2) is 0 Å². The van der Waals surface area contributed by atoms with Gasteiger partial charge in [-0.2, -0.15) is 5.26 Å². The summed E-state index contributed by atoms with van der Waals surface area (Å²) in [6, 6.07) is 21.0. The summed E-state index contributed by atoms with van der Waals surface area (Å²) in [5, 5.41) is 12.0. The number of hydrogen-bond acceptors (Lipinski definition) is 3. The van der Waals surface area contributed by atoms with E-state index in [1.54, 1.807) is 6.08 Å². The van der Waals surface area contributed by atoms with Crippen molar-refractivity contribution in [3.05, 3.63) is 65.7 Å². The van der Waals surface area contributed by atoms with E-state index in [0.717, 1.165) is 5.56 Å². The lowest BCUT2D eigenvalue weighted by Gasteiger charge is -2.39. The molecule has 0 saturated heterocycles. The Morgan fingerprint density at radius 1 is 0.923 bits per heavy atom. The first-order valence-corrected chi connectivity index (χ1v) is 15.6. The third-order valence-electron chi connectivity index (χ3n) is 5.53. The van der Waals surface area contributed by atoms with Gasteiger partial charge in [-0.25, -0.2) is 4.79 Å². The predicted octanol–water partition coefficient (Wildman–Crippen LogP) is 3.38. The van der Waals surface area contributed by atoms with Crippen LogP contribution >= 0.6 is 0 Å². The number of rotatable bonds is 5. The molecule has 0 spiro atoms. The number of hydrogen-bond donors (Lipinski definition) is 0. The second-order valence-electron chi connectivity index (χ2n) is 7.40. The zero-order chi connectivity index (χ0) is 19.4. The lowest BCUT2D eigenvalue weighted by molar-refractivity contribution is -0.135. The molecule has 0 saturated carbocycles. The highest BCUT2D eigenvalue weighted by atomic mass is 29.3. The van der Waals surface area contributed by atoms with E-state index in [-0.39, 0.29) is 5.57 Å². The van der Waals surface area contributed by atoms with Crippen LogP contribution in [0, 0.1) is 11.3 Å². The quantitative estimate of drug-likeness (QED) is 0.346. The maximum atomic E-state index is 11.6. The topological polar surface area (TPSA) is 50.1 Å². The number of esters is 1. The van der Waals surface area contributed by atoms with Gasteiger partial charge in [-0.1, -0.05) is 91.2 Å². The summed E-state index contributed by atoms with van der Waals surface area (Å²) in [4.78, 5) is 11.6. The van der Waals surface area contributed by atoms with Crippen molar-refractivity contribution in [3.63, 3.8) is 0 Å². The van der Waals surface area contributed by atoms with E-state index in [9.17, 15) is 4.79 Å². The average molecular weight is 380 g/mol. The molecule has 26 heavy (non-hydrogen) atoms. The Bertz CT molecular complexity index is 848. The maximum Gasteiger partial charge on any atom is 0.348 e. The fraction of sp³-hybridized carbons (Fsp3) is 0.238. The molecular weight excluding hydrogens is 354 g/mol. The largest absolute Gasteiger partial charge is 0.465 e. The molecule has 0 aliphatic carbocycles. The Labute approximate surface area is 157 Å². The second kappa shape index (κ2) is 7.85. The van der Waals surface area contributed by atoms with Gasteiger partial charge in [-0.05, 0) is 11.6 Å². The van der Waals surface area contributed by atoms with Gasteiger partial charge >= 0.3 is 5.97 Å². The molecule has 0 radical (unpaired) electrons. The standard InChI is InChI=1S/C21H25NO2Si2/c1-24-21(23)18(16-22)15-17-11-13-20(14-12-17)26(4,5)25(2,3)19-9-7-6-8-10-19/h6-15H,1-5H3/b18-15-. The first kappa shape index (κ1) is 19.9. The summed E-state index contributed by atoms with van der Waals surface area (Å²) < 4.78 is 4.63. The number of benzene rings is 2. The van der Waals surface area contributed by atoms with E-state index in [0.29, 0.717) is 0 Å². The van der Waals surface area contributed by atoms with Crippen LogP contribution in [0.2, 0.25) is 26.2 Å². The number of methoxy groups -OCH3 is 1. The van der Waals surface area contributed by atoms with Gasteiger partial charge in [0.1, 0.15) is 11.6 Å². The SMILES string of the molecule is COC(=O)/C(C#N)=C\c1ccc([Si](C)(C)[Si](C)(C)c2ccccc2)cc1. The monoisotopic (exact) mass is 379 g/mol. The van der Waals surface area contributed by atoms with Gasteiger partial charge in [0, 0.05) is 0 Å². The molecule has 0 atom stereocenters. The normalized spacial score (nSPS) is 12.4. The van der Waals surface area contributed by atoms with Crippen LogP contribution in [0.25, 0.3) is 6.08 Å². The zero-order valence-electron chi connectivity index (χ0n) is 16.0. The first-order valence-electron chi connectivity index (χ1n) is 8.60. The van der Waals surface area contributed by atoms with Crippen molar-refractivity contribution < 1.29 is 9.53 Å². The van der Waals surface area contributed by atoms with Gasteiger partial charge < -0.3 is 4.74 Å². The molecule has 2 aromatic carbocycles. The highest BCUT2D eigenvalue weighted by Gasteiger charge is 2.43. The molecule has 0 unspecified atom stereocenters. The van der Waals surface area contributed by atoms with Gasteiger partial charge in [-0.3, -0.25) is 0 Å². The Hall–Kier alpha value is -2.43. The van der Waals surface area contributed by atoms with Crippen molar-refractivity contribution in [3.8, 4) is 6.07 Å². The molecule has 0 bridgehead atoms. The minimum Gasteiger partial charge on any atom is -0.465 e. The third-order valence-corrected chi connectivity index (χ3v) is 23.3. The van der Waals surface area contributed by atoms with Crippen molar-refractivity contribution >= 4 is 37.6 Å². The van der Waals surface area contributed by atoms with E-state index in [2.05, 4.69) is 73.4 Å². The molecule has 3 nitrogen and oxygen atoms in total. The van der Waals surface area contributed by atoms with Crippen molar-refractivity contribution in [2.24, 2.45) is 0 Å². The minimum absolute atomic E-state index is 0.00995. The van der Waals surface area contributed by atoms with Crippen LogP contribution in [0.15, 0.2) is 60.2 Å². The first-order chi connectivity index (χ1) is 12.2. The highest BCUT2D eigenvalue weighted by molar-refractivity contribution is 7.49. The summed E-state index contributed by atoms with van der Waals surface area (Å²) in [5.41, 5.74) is 0.843. The molecule has 0 heterocycles. The molecule has 0 fully saturated rings. The molecular formula is C21H25NO2Si2. The number of carbonyl (C=O) groups excluding carboxylic acids is 1. The van der Waals surface area contributed by atoms with E-state index in [1.807, 2.05) is 18.2 Å². The number of ether oxygens (including phenoxy) is 1. The van der Waals surface area contributed by atoms with E-state index in [1.165, 1.54) is 17.5 Å². The van der Waals surface area contributed by atoms with E-state index >= 15 is 0 Å². The summed E-state index contributed by atoms with van der Waals surface area (Å²) in [6.07, 6.45) is 1.57. The number of nitrogens with zero attached hydrogens (tertiary/aromatic N) is 1. The van der Waals surface area contributed by atoms with Crippen molar-refractivity contribution in [1.82, 2.24) is 0 Å². The zero-order valence-corrected chi connectivity index (χ0v) is 18.0. The molecule has 2 rings (SSSR count). The van der Waals surface area contributed by atoms with Crippen molar-refractivity contribution in [2.45, 2.75) is 26.2 Å². The van der Waals surface area contributed by atoms with E-state index < -0.39 is 21.2 Å². The van der Waals surface area contributed by atoms with Gasteiger partial charge in [0.05, 0.1) is 22.3 Å². The molecule has 2 aromatic rings. The van der Waals surface area contributed by atoms with Crippen LogP contribution in [-0.2, 0) is 9.53 Å². The summed E-state index contributed by atoms with van der Waals surface area (Å²) in [7, 11) is -2.04. The van der Waals surface area contributed by atoms with Crippen LogP contribution in [-0.4, -0.2) is 28.3 Å². The lowest BCUT2D eigenvalue weighted by Crippen LogP contribution is -2.69. The molecule has 0 aromatic heterocycles. The van der Waals surface area contributed by atoms with Crippen molar-refractivity contribution in [1.29, 1.82) is 5.26 Å². The molecule has 0 N–H and O–H groups in total. The molecule has 0 aliphatic rings. The molecule has 134 valence electrons. The van der Waals surface area contributed by atoms with Crippen molar-refractivity contribution in [2.75, 3.05) is 7.11 Å². The van der Waals surface area contributed by atoms with Crippen LogP contribution in [0.3, 0.4) is 0 Å². The summed E-state index contributed by atoms with van der Waals surface area (Å²) >= 11 is 0. The van der Waals surface area contributed by atoms with Gasteiger partial charge in [-0.15, -0.1) is 0 Å². The molecule has 0 amide bonds. The molecule has 5 heteroatoms. The average Bonchev–Trinajstić information content (AvgIpc) is 2.66. The van der Waals surface area contributed by atoms with Crippen LogP contribution < -0.4 is 10.4 Å². The summed E-state index contributed by atoms with van der Waals surface area (Å²) in [5.74, 6) is -0.608. The fourth-order valence-electron chi connectivity index (χ4n) is 2.99. The Morgan fingerprint density at radius 3 is 1.88 bits per heavy atom. The number of carbonyl (C=O) groups is 1. The van der Waals surface area contributed by atoms with E-state index in [4.69, 9.17) is 5.26 Å². The molecule has 0 aliphatic heterocycles. The maximum absolute atomic E-state index is 11.6. The summed E-state index contributed by atoms with van der Waals surface area (Å²) in [6.45, 7) is 9.78. The predicted molar refractivity (Wildman–Crippen MR) is 113 cm³/mol. The van der Waals surface area contributed by atoms with Gasteiger partial charge in [0.2, 0.25) is 0 Å². The van der Waals surface area contributed by atoms with Gasteiger partial charge in [0.25, 0.3) is 0 Å². The third kappa shape index (κ3) is 3.87. The van der Waals surface area contributed by atoms with Crippen LogP contribution in [0.1, 0.15) is 5.56 Å². The Balaban J connectivity index is 2.36. The van der Waals surface area contributed by atoms with Crippen LogP contribution in [0.4, 0.5) is 0 Å². The minimum atomic E-state index is -1.69. The number of nitriles is 1.